The molecule has 30 heavy (non-hydrogen) atoms. The van der Waals surface area contributed by atoms with Gasteiger partial charge in [0.2, 0.25) is 0 Å². The number of nitrogens with zero attached hydrogens (tertiary/aromatic N) is 3. The van der Waals surface area contributed by atoms with Crippen LogP contribution in [0.5, 0.6) is 0 Å². The molecule has 3 aromatic rings. The fourth-order valence-corrected chi connectivity index (χ4v) is 3.99. The molecule has 1 amide bonds. The highest BCUT2D eigenvalue weighted by molar-refractivity contribution is 5.97. The van der Waals surface area contributed by atoms with Crippen LogP contribution < -0.4 is 5.73 Å². The second kappa shape index (κ2) is 9.13. The number of aromatic nitrogens is 3. The molecule has 0 saturated carbocycles. The first kappa shape index (κ1) is 20.2. The summed E-state index contributed by atoms with van der Waals surface area (Å²) >= 11 is 0. The van der Waals surface area contributed by atoms with Gasteiger partial charge in [-0.25, -0.2) is 9.97 Å². The molecule has 1 aliphatic heterocycles. The van der Waals surface area contributed by atoms with Crippen LogP contribution in [0.15, 0.2) is 54.9 Å². The Morgan fingerprint density at radius 3 is 2.57 bits per heavy atom. The molecular weight excluding hydrogens is 376 g/mol. The van der Waals surface area contributed by atoms with E-state index in [1.807, 2.05) is 36.4 Å². The van der Waals surface area contributed by atoms with Crippen molar-refractivity contribution in [2.24, 2.45) is 5.73 Å². The van der Waals surface area contributed by atoms with Gasteiger partial charge in [-0.3, -0.25) is 9.78 Å². The molecule has 1 aliphatic rings. The first-order valence-corrected chi connectivity index (χ1v) is 10.5. The summed E-state index contributed by atoms with van der Waals surface area (Å²) in [5.41, 5.74) is 9.30. The minimum Gasteiger partial charge on any atom is -0.369 e. The van der Waals surface area contributed by atoms with Gasteiger partial charge in [0.15, 0.2) is 5.69 Å². The Morgan fingerprint density at radius 1 is 1.07 bits per heavy atom. The number of nitrogens with two attached hydrogens (primary N) is 1. The maximum Gasteiger partial charge on any atom is 0.269 e. The topological polar surface area (TPSA) is 91.0 Å². The Morgan fingerprint density at radius 2 is 1.87 bits per heavy atom. The Hall–Kier alpha value is -3.12. The molecule has 6 heteroatoms. The van der Waals surface area contributed by atoms with E-state index in [4.69, 9.17) is 20.4 Å². The van der Waals surface area contributed by atoms with Gasteiger partial charge in [-0.15, -0.1) is 0 Å². The van der Waals surface area contributed by atoms with Crippen molar-refractivity contribution in [2.75, 3.05) is 0 Å². The lowest BCUT2D eigenvalue weighted by molar-refractivity contribution is -0.0568. The number of ether oxygens (including phenoxy) is 1. The molecular formula is C24H26N4O2. The number of hydrogen-bond donors (Lipinski definition) is 1. The fraction of sp³-hybridized carbons (Fsp3) is 0.333. The molecule has 0 bridgehead atoms. The number of primary amides is 1. The van der Waals surface area contributed by atoms with Gasteiger partial charge in [0.1, 0.15) is 11.8 Å². The predicted molar refractivity (Wildman–Crippen MR) is 116 cm³/mol. The first-order chi connectivity index (χ1) is 14.7. The number of amides is 1. The second-order valence-corrected chi connectivity index (χ2v) is 7.59. The van der Waals surface area contributed by atoms with Gasteiger partial charge in [-0.05, 0) is 37.8 Å². The van der Waals surface area contributed by atoms with Gasteiger partial charge in [0, 0.05) is 23.5 Å². The number of benzene rings is 1. The second-order valence-electron chi connectivity index (χ2n) is 7.59. The molecule has 2 N–H and O–H groups in total. The number of rotatable bonds is 6. The van der Waals surface area contributed by atoms with Gasteiger partial charge in [0.25, 0.3) is 5.91 Å². The van der Waals surface area contributed by atoms with Crippen LogP contribution in [0.4, 0.5) is 0 Å². The van der Waals surface area contributed by atoms with E-state index >= 15 is 0 Å². The van der Waals surface area contributed by atoms with E-state index in [0.29, 0.717) is 17.0 Å². The van der Waals surface area contributed by atoms with Crippen LogP contribution in [0.2, 0.25) is 0 Å². The summed E-state index contributed by atoms with van der Waals surface area (Å²) in [6.45, 7) is 2.17. The maximum absolute atomic E-state index is 12.3. The largest absolute Gasteiger partial charge is 0.369 e. The molecule has 0 spiro atoms. The van der Waals surface area contributed by atoms with Crippen molar-refractivity contribution in [3.63, 3.8) is 0 Å². The summed E-state index contributed by atoms with van der Waals surface area (Å²) in [7, 11) is 0. The van der Waals surface area contributed by atoms with Crippen molar-refractivity contribution in [2.45, 2.75) is 51.2 Å². The molecule has 2 aromatic heterocycles. The molecule has 6 nitrogen and oxygen atoms in total. The zero-order valence-corrected chi connectivity index (χ0v) is 17.1. The molecule has 1 fully saturated rings. The highest BCUT2D eigenvalue weighted by Crippen LogP contribution is 2.37. The van der Waals surface area contributed by atoms with Crippen LogP contribution in [0.3, 0.4) is 0 Å². The van der Waals surface area contributed by atoms with Gasteiger partial charge >= 0.3 is 0 Å². The average molecular weight is 402 g/mol. The van der Waals surface area contributed by atoms with Crippen molar-refractivity contribution in [1.29, 1.82) is 0 Å². The normalized spacial score (nSPS) is 18.8. The Balaban J connectivity index is 1.88. The number of carbonyl (C=O) groups excluding carboxylic acids is 1. The summed E-state index contributed by atoms with van der Waals surface area (Å²) < 4.78 is 6.43. The smallest absolute Gasteiger partial charge is 0.269 e. The van der Waals surface area contributed by atoms with E-state index < -0.39 is 5.91 Å². The third kappa shape index (κ3) is 4.24. The Labute approximate surface area is 176 Å². The van der Waals surface area contributed by atoms with E-state index in [9.17, 15) is 4.79 Å². The summed E-state index contributed by atoms with van der Waals surface area (Å²) in [5.74, 6) is -0.612. The van der Waals surface area contributed by atoms with Crippen molar-refractivity contribution < 1.29 is 9.53 Å². The van der Waals surface area contributed by atoms with Crippen molar-refractivity contribution in [1.82, 2.24) is 15.0 Å². The van der Waals surface area contributed by atoms with Gasteiger partial charge in [0.05, 0.1) is 17.5 Å². The van der Waals surface area contributed by atoms with Crippen LogP contribution in [-0.2, 0) is 4.74 Å². The summed E-state index contributed by atoms with van der Waals surface area (Å²) in [6.07, 6.45) is 8.52. The van der Waals surface area contributed by atoms with E-state index in [-0.39, 0.29) is 17.9 Å². The van der Waals surface area contributed by atoms with E-state index in [0.717, 1.165) is 43.4 Å². The molecule has 1 saturated heterocycles. The fourth-order valence-electron chi connectivity index (χ4n) is 3.99. The zero-order chi connectivity index (χ0) is 20.9. The minimum atomic E-state index is -0.612. The standard InChI is InChI=1S/C24H26N4O2/c1-2-8-18-12-6-13-19(30-18)22-20(16-9-4-3-5-10-16)28-23(24(25)29)21(27-22)17-11-7-14-26-15-17/h3-5,7,9-11,14-15,18-19H,2,6,8,12-13H2,1H3,(H2,25,29). The molecule has 2 unspecified atom stereocenters. The lowest BCUT2D eigenvalue weighted by atomic mass is 9.96. The third-order valence-electron chi connectivity index (χ3n) is 5.40. The predicted octanol–water partition coefficient (Wildman–Crippen LogP) is 4.71. The number of hydrogen-bond acceptors (Lipinski definition) is 5. The lowest BCUT2D eigenvalue weighted by Gasteiger charge is -2.31. The summed E-state index contributed by atoms with van der Waals surface area (Å²) in [6, 6.07) is 13.4. The van der Waals surface area contributed by atoms with Crippen LogP contribution in [0.25, 0.3) is 22.5 Å². The first-order valence-electron chi connectivity index (χ1n) is 10.5. The van der Waals surface area contributed by atoms with Gasteiger partial charge in [-0.2, -0.15) is 0 Å². The van der Waals surface area contributed by atoms with Crippen LogP contribution >= 0.6 is 0 Å². The highest BCUT2D eigenvalue weighted by atomic mass is 16.5. The molecule has 0 aliphatic carbocycles. The highest BCUT2D eigenvalue weighted by Gasteiger charge is 2.29. The van der Waals surface area contributed by atoms with Crippen molar-refractivity contribution in [3.05, 3.63) is 66.2 Å². The van der Waals surface area contributed by atoms with Gasteiger partial charge in [-0.1, -0.05) is 43.7 Å². The van der Waals surface area contributed by atoms with Crippen LogP contribution in [0, 0.1) is 0 Å². The molecule has 3 heterocycles. The quantitative estimate of drug-likeness (QED) is 0.644. The Bertz CT molecular complexity index is 1010. The minimum absolute atomic E-state index is 0.145. The zero-order valence-electron chi connectivity index (χ0n) is 17.1. The molecule has 1 aromatic carbocycles. The average Bonchev–Trinajstić information content (AvgIpc) is 2.80. The molecule has 0 radical (unpaired) electrons. The third-order valence-corrected chi connectivity index (χ3v) is 5.40. The van der Waals surface area contributed by atoms with Crippen molar-refractivity contribution in [3.8, 4) is 22.5 Å². The lowest BCUT2D eigenvalue weighted by Crippen LogP contribution is -2.25. The van der Waals surface area contributed by atoms with Crippen molar-refractivity contribution >= 4 is 5.91 Å². The monoisotopic (exact) mass is 402 g/mol. The van der Waals surface area contributed by atoms with Gasteiger partial charge < -0.3 is 10.5 Å². The molecule has 4 rings (SSSR count). The molecule has 154 valence electrons. The SMILES string of the molecule is CCCC1CCCC(c2nc(-c3cccnc3)c(C(N)=O)nc2-c2ccccc2)O1. The van der Waals surface area contributed by atoms with Crippen LogP contribution in [0.1, 0.15) is 61.3 Å². The number of carbonyl (C=O) groups is 1. The van der Waals surface area contributed by atoms with E-state index in [1.54, 1.807) is 18.5 Å². The van der Waals surface area contributed by atoms with E-state index in [2.05, 4.69) is 11.9 Å². The van der Waals surface area contributed by atoms with E-state index in [1.165, 1.54) is 0 Å². The summed E-state index contributed by atoms with van der Waals surface area (Å²) in [5, 5.41) is 0. The number of pyridine rings is 1. The van der Waals surface area contributed by atoms with Crippen LogP contribution in [-0.4, -0.2) is 27.0 Å². The summed E-state index contributed by atoms with van der Waals surface area (Å²) in [4.78, 5) is 26.1. The Kier molecular flexibility index (Phi) is 6.14. The maximum atomic E-state index is 12.3. The molecule has 2 atom stereocenters.